The van der Waals surface area contributed by atoms with Crippen molar-refractivity contribution in [3.8, 4) is 23.0 Å². The average molecular weight is 385 g/mol. The Hall–Kier alpha value is -2.89. The van der Waals surface area contributed by atoms with E-state index in [1.165, 1.54) is 0 Å². The number of benzene rings is 2. The van der Waals surface area contributed by atoms with Gasteiger partial charge in [0.25, 0.3) is 5.91 Å². The summed E-state index contributed by atoms with van der Waals surface area (Å²) in [6.07, 6.45) is -0.231. The van der Waals surface area contributed by atoms with Crippen molar-refractivity contribution in [2.24, 2.45) is 0 Å². The van der Waals surface area contributed by atoms with Crippen LogP contribution in [0, 0.1) is 0 Å². The van der Waals surface area contributed by atoms with Gasteiger partial charge in [0.2, 0.25) is 0 Å². The first-order chi connectivity index (χ1) is 13.4. The molecule has 2 aromatic carbocycles. The summed E-state index contributed by atoms with van der Waals surface area (Å²) in [6, 6.07) is 14.8. The quantitative estimate of drug-likeness (QED) is 0.730. The van der Waals surface area contributed by atoms with Gasteiger partial charge < -0.3 is 23.8 Å². The predicted octanol–water partition coefficient (Wildman–Crippen LogP) is 3.54. The van der Waals surface area contributed by atoms with Crippen LogP contribution in [0.5, 0.6) is 23.0 Å². The zero-order valence-electron chi connectivity index (χ0n) is 16.8. The molecule has 0 saturated carbocycles. The maximum atomic E-state index is 12.9. The number of nitrogens with zero attached hydrogens (tertiary/aromatic N) is 1. The summed E-state index contributed by atoms with van der Waals surface area (Å²) in [4.78, 5) is 14.6. The molecule has 0 fully saturated rings. The van der Waals surface area contributed by atoms with E-state index in [2.05, 4.69) is 0 Å². The summed E-state index contributed by atoms with van der Waals surface area (Å²) in [5.74, 6) is 2.67. The lowest BCUT2D eigenvalue weighted by Crippen LogP contribution is -2.51. The molecule has 0 radical (unpaired) electrons. The second kappa shape index (κ2) is 8.42. The first-order valence-electron chi connectivity index (χ1n) is 9.45. The van der Waals surface area contributed by atoms with Crippen LogP contribution in [-0.2, 0) is 4.79 Å². The number of hydrogen-bond donors (Lipinski definition) is 0. The Morgan fingerprint density at radius 1 is 1.11 bits per heavy atom. The number of ether oxygens (including phenoxy) is 4. The molecule has 0 N–H and O–H groups in total. The SMILES string of the molecule is CCOc1ccc(OC(C)(C)C(=O)N(C)CC2COc3ccccc3O2)cc1. The Morgan fingerprint density at radius 2 is 1.75 bits per heavy atom. The summed E-state index contributed by atoms with van der Waals surface area (Å²) in [5.41, 5.74) is -1.02. The van der Waals surface area contributed by atoms with Gasteiger partial charge in [-0.3, -0.25) is 4.79 Å². The number of carbonyl (C=O) groups excluding carboxylic acids is 1. The van der Waals surface area contributed by atoms with Crippen molar-refractivity contribution in [3.63, 3.8) is 0 Å². The summed E-state index contributed by atoms with van der Waals surface area (Å²) in [6.45, 7) is 6.86. The molecule has 0 spiro atoms. The molecule has 6 nitrogen and oxygen atoms in total. The number of para-hydroxylation sites is 2. The van der Waals surface area contributed by atoms with Gasteiger partial charge in [-0.25, -0.2) is 0 Å². The van der Waals surface area contributed by atoms with Crippen molar-refractivity contribution in [2.45, 2.75) is 32.5 Å². The minimum absolute atomic E-state index is 0.135. The summed E-state index contributed by atoms with van der Waals surface area (Å²) in [5, 5.41) is 0. The summed E-state index contributed by atoms with van der Waals surface area (Å²) in [7, 11) is 1.75. The first-order valence-corrected chi connectivity index (χ1v) is 9.45. The highest BCUT2D eigenvalue weighted by Crippen LogP contribution is 2.31. The number of likely N-dealkylation sites (N-methyl/N-ethyl adjacent to an activating group) is 1. The number of rotatable bonds is 7. The van der Waals surface area contributed by atoms with Crippen LogP contribution < -0.4 is 18.9 Å². The molecule has 1 aliphatic heterocycles. The predicted molar refractivity (Wildman–Crippen MR) is 106 cm³/mol. The minimum Gasteiger partial charge on any atom is -0.494 e. The standard InChI is InChI=1S/C22H27NO5/c1-5-25-16-10-12-17(13-11-16)28-22(2,3)21(24)23(4)14-18-15-26-19-8-6-7-9-20(19)27-18/h6-13,18H,5,14-15H2,1-4H3. The van der Waals surface area contributed by atoms with Crippen LogP contribution >= 0.6 is 0 Å². The van der Waals surface area contributed by atoms with Gasteiger partial charge in [-0.05, 0) is 57.2 Å². The zero-order valence-corrected chi connectivity index (χ0v) is 16.8. The molecule has 150 valence electrons. The monoisotopic (exact) mass is 385 g/mol. The van der Waals surface area contributed by atoms with E-state index in [0.29, 0.717) is 31.3 Å². The van der Waals surface area contributed by atoms with Crippen LogP contribution in [-0.4, -0.2) is 49.3 Å². The molecule has 1 aliphatic rings. The van der Waals surface area contributed by atoms with E-state index < -0.39 is 5.60 Å². The van der Waals surface area contributed by atoms with Crippen LogP contribution in [0.2, 0.25) is 0 Å². The number of fused-ring (bicyclic) bond motifs is 1. The van der Waals surface area contributed by atoms with Crippen molar-refractivity contribution >= 4 is 5.91 Å². The van der Waals surface area contributed by atoms with Gasteiger partial charge in [0.15, 0.2) is 23.2 Å². The van der Waals surface area contributed by atoms with Crippen molar-refractivity contribution < 1.29 is 23.7 Å². The molecule has 3 rings (SSSR count). The van der Waals surface area contributed by atoms with E-state index in [0.717, 1.165) is 11.5 Å². The summed E-state index contributed by atoms with van der Waals surface area (Å²) >= 11 is 0. The maximum Gasteiger partial charge on any atom is 0.266 e. The smallest absolute Gasteiger partial charge is 0.266 e. The van der Waals surface area contributed by atoms with Crippen molar-refractivity contribution in [1.82, 2.24) is 4.90 Å². The second-order valence-electron chi connectivity index (χ2n) is 7.20. The molecule has 1 atom stereocenters. The number of hydrogen-bond acceptors (Lipinski definition) is 5. The molecule has 1 amide bonds. The van der Waals surface area contributed by atoms with E-state index in [4.69, 9.17) is 18.9 Å². The van der Waals surface area contributed by atoms with E-state index >= 15 is 0 Å². The van der Waals surface area contributed by atoms with E-state index in [-0.39, 0.29) is 12.0 Å². The van der Waals surface area contributed by atoms with E-state index in [9.17, 15) is 4.79 Å². The molecule has 1 unspecified atom stereocenters. The Kier molecular flexibility index (Phi) is 5.97. The van der Waals surface area contributed by atoms with Gasteiger partial charge in [-0.1, -0.05) is 12.1 Å². The van der Waals surface area contributed by atoms with Crippen LogP contribution in [0.1, 0.15) is 20.8 Å². The van der Waals surface area contributed by atoms with Gasteiger partial charge >= 0.3 is 0 Å². The van der Waals surface area contributed by atoms with Gasteiger partial charge in [-0.15, -0.1) is 0 Å². The molecule has 0 aromatic heterocycles. The molecule has 0 aliphatic carbocycles. The average Bonchev–Trinajstić information content (AvgIpc) is 2.68. The van der Waals surface area contributed by atoms with E-state index in [1.807, 2.05) is 43.3 Å². The minimum atomic E-state index is -1.02. The topological polar surface area (TPSA) is 57.2 Å². The van der Waals surface area contributed by atoms with Crippen LogP contribution in [0.4, 0.5) is 0 Å². The fraction of sp³-hybridized carbons (Fsp3) is 0.409. The molecule has 1 heterocycles. The van der Waals surface area contributed by atoms with Gasteiger partial charge in [-0.2, -0.15) is 0 Å². The van der Waals surface area contributed by atoms with Crippen molar-refractivity contribution in [3.05, 3.63) is 48.5 Å². The lowest BCUT2D eigenvalue weighted by atomic mass is 10.1. The molecular weight excluding hydrogens is 358 g/mol. The number of amides is 1. The summed E-state index contributed by atoms with van der Waals surface area (Å²) < 4.78 is 23.0. The maximum absolute atomic E-state index is 12.9. The largest absolute Gasteiger partial charge is 0.494 e. The third kappa shape index (κ3) is 4.68. The van der Waals surface area contributed by atoms with Crippen LogP contribution in [0.15, 0.2) is 48.5 Å². The highest BCUT2D eigenvalue weighted by atomic mass is 16.6. The normalized spacial score (nSPS) is 15.6. The molecular formula is C22H27NO5. The highest BCUT2D eigenvalue weighted by molar-refractivity contribution is 5.84. The Morgan fingerprint density at radius 3 is 2.43 bits per heavy atom. The second-order valence-corrected chi connectivity index (χ2v) is 7.20. The van der Waals surface area contributed by atoms with Crippen molar-refractivity contribution in [2.75, 3.05) is 26.8 Å². The van der Waals surface area contributed by atoms with Crippen LogP contribution in [0.3, 0.4) is 0 Å². The Balaban J connectivity index is 1.58. The van der Waals surface area contributed by atoms with Crippen LogP contribution in [0.25, 0.3) is 0 Å². The Labute approximate surface area is 166 Å². The third-order valence-corrected chi connectivity index (χ3v) is 4.41. The van der Waals surface area contributed by atoms with Crippen molar-refractivity contribution in [1.29, 1.82) is 0 Å². The fourth-order valence-corrected chi connectivity index (χ4v) is 3.11. The third-order valence-electron chi connectivity index (χ3n) is 4.41. The number of carbonyl (C=O) groups is 1. The molecule has 0 saturated heterocycles. The van der Waals surface area contributed by atoms with Gasteiger partial charge in [0.05, 0.1) is 13.2 Å². The molecule has 28 heavy (non-hydrogen) atoms. The fourth-order valence-electron chi connectivity index (χ4n) is 3.11. The van der Waals surface area contributed by atoms with E-state index in [1.54, 1.807) is 37.9 Å². The highest BCUT2D eigenvalue weighted by Gasteiger charge is 2.34. The van der Waals surface area contributed by atoms with Gasteiger partial charge in [0.1, 0.15) is 18.1 Å². The zero-order chi connectivity index (χ0) is 20.1. The Bertz CT molecular complexity index is 803. The lowest BCUT2D eigenvalue weighted by Gasteiger charge is -2.33. The first kappa shape index (κ1) is 19.9. The lowest BCUT2D eigenvalue weighted by molar-refractivity contribution is -0.145. The molecule has 0 bridgehead atoms. The molecule has 2 aromatic rings. The van der Waals surface area contributed by atoms with Gasteiger partial charge in [0, 0.05) is 7.05 Å². The molecule has 6 heteroatoms.